The molecule has 0 spiro atoms. The molecule has 0 aliphatic heterocycles. The van der Waals surface area contributed by atoms with Gasteiger partial charge in [-0.05, 0) is 24.7 Å². The lowest BCUT2D eigenvalue weighted by Gasteiger charge is -2.07. The third kappa shape index (κ3) is 3.78. The smallest absolute Gasteiger partial charge is 0.416 e. The van der Waals surface area contributed by atoms with Gasteiger partial charge in [-0.1, -0.05) is 6.92 Å². The van der Waals surface area contributed by atoms with Crippen LogP contribution < -0.4 is 5.32 Å². The molecule has 114 valence electrons. The number of hydrogen-bond acceptors (Lipinski definition) is 4. The summed E-state index contributed by atoms with van der Waals surface area (Å²) in [4.78, 5) is 0. The van der Waals surface area contributed by atoms with Crippen molar-refractivity contribution >= 4 is 0 Å². The Morgan fingerprint density at radius 3 is 2.67 bits per heavy atom. The third-order valence-corrected chi connectivity index (χ3v) is 2.76. The average molecular weight is 303 g/mol. The second-order valence-corrected chi connectivity index (χ2v) is 4.30. The van der Waals surface area contributed by atoms with Gasteiger partial charge in [-0.15, -0.1) is 10.2 Å². The van der Waals surface area contributed by atoms with E-state index < -0.39 is 17.6 Å². The van der Waals surface area contributed by atoms with Gasteiger partial charge >= 0.3 is 6.18 Å². The SMILES string of the molecule is CCNCCc1nnc(-c2cc(C(F)(F)F)ccc2F)o1. The average Bonchev–Trinajstić information content (AvgIpc) is 2.87. The number of nitrogens with zero attached hydrogens (tertiary/aromatic N) is 2. The summed E-state index contributed by atoms with van der Waals surface area (Å²) in [6.07, 6.45) is -4.14. The van der Waals surface area contributed by atoms with Gasteiger partial charge < -0.3 is 9.73 Å². The fourth-order valence-electron chi connectivity index (χ4n) is 1.70. The molecule has 21 heavy (non-hydrogen) atoms. The molecule has 8 heteroatoms. The monoisotopic (exact) mass is 303 g/mol. The van der Waals surface area contributed by atoms with E-state index in [1.165, 1.54) is 0 Å². The summed E-state index contributed by atoms with van der Waals surface area (Å²) in [5.41, 5.74) is -1.32. The molecular weight excluding hydrogens is 290 g/mol. The van der Waals surface area contributed by atoms with Crippen LogP contribution in [0.2, 0.25) is 0 Å². The van der Waals surface area contributed by atoms with Crippen molar-refractivity contribution in [2.75, 3.05) is 13.1 Å². The first-order valence-electron chi connectivity index (χ1n) is 6.32. The van der Waals surface area contributed by atoms with Crippen molar-refractivity contribution in [3.8, 4) is 11.5 Å². The molecule has 4 nitrogen and oxygen atoms in total. The van der Waals surface area contributed by atoms with E-state index >= 15 is 0 Å². The number of halogens is 4. The maximum atomic E-state index is 13.7. The lowest BCUT2D eigenvalue weighted by Crippen LogP contribution is -2.16. The summed E-state index contributed by atoms with van der Waals surface area (Å²) in [6, 6.07) is 2.07. The van der Waals surface area contributed by atoms with Crippen molar-refractivity contribution in [3.63, 3.8) is 0 Å². The van der Waals surface area contributed by atoms with E-state index in [-0.39, 0.29) is 17.3 Å². The lowest BCUT2D eigenvalue weighted by atomic mass is 10.1. The van der Waals surface area contributed by atoms with Crippen LogP contribution in [-0.4, -0.2) is 23.3 Å². The minimum atomic E-state index is -4.56. The molecule has 0 atom stereocenters. The van der Waals surface area contributed by atoms with Gasteiger partial charge in [0, 0.05) is 13.0 Å². The number of nitrogens with one attached hydrogen (secondary N) is 1. The Kier molecular flexibility index (Phi) is 4.56. The van der Waals surface area contributed by atoms with Crippen molar-refractivity contribution in [2.24, 2.45) is 0 Å². The van der Waals surface area contributed by atoms with Crippen LogP contribution in [0.15, 0.2) is 22.6 Å². The van der Waals surface area contributed by atoms with Gasteiger partial charge in [0.2, 0.25) is 5.89 Å². The highest BCUT2D eigenvalue weighted by Crippen LogP contribution is 2.33. The Morgan fingerprint density at radius 2 is 2.00 bits per heavy atom. The summed E-state index contributed by atoms with van der Waals surface area (Å²) < 4.78 is 56.7. The second kappa shape index (κ2) is 6.21. The predicted octanol–water partition coefficient (Wildman–Crippen LogP) is 3.05. The molecule has 1 aromatic carbocycles. The Bertz CT molecular complexity index is 610. The Hall–Kier alpha value is -1.96. The highest BCUT2D eigenvalue weighted by molar-refractivity contribution is 5.55. The van der Waals surface area contributed by atoms with Crippen LogP contribution >= 0.6 is 0 Å². The topological polar surface area (TPSA) is 51.0 Å². The number of aromatic nitrogens is 2. The van der Waals surface area contributed by atoms with Crippen LogP contribution in [0.5, 0.6) is 0 Å². The molecule has 2 aromatic rings. The standard InChI is InChI=1S/C13H13F4N3O/c1-2-18-6-5-11-19-20-12(21-11)9-7-8(13(15,16)17)3-4-10(9)14/h3-4,7,18H,2,5-6H2,1H3. The van der Waals surface area contributed by atoms with Crippen LogP contribution in [0.1, 0.15) is 18.4 Å². The first-order valence-corrected chi connectivity index (χ1v) is 6.32. The number of rotatable bonds is 5. The molecule has 0 bridgehead atoms. The van der Waals surface area contributed by atoms with E-state index in [4.69, 9.17) is 4.42 Å². The predicted molar refractivity (Wildman–Crippen MR) is 66.9 cm³/mol. The van der Waals surface area contributed by atoms with Gasteiger partial charge in [-0.3, -0.25) is 0 Å². The Labute approximate surface area is 118 Å². The van der Waals surface area contributed by atoms with E-state index in [0.29, 0.717) is 25.1 Å². The number of alkyl halides is 3. The molecule has 1 heterocycles. The second-order valence-electron chi connectivity index (χ2n) is 4.30. The van der Waals surface area contributed by atoms with Crippen molar-refractivity contribution in [1.29, 1.82) is 0 Å². The molecule has 0 amide bonds. The van der Waals surface area contributed by atoms with Crippen molar-refractivity contribution < 1.29 is 22.0 Å². The van der Waals surface area contributed by atoms with Crippen molar-refractivity contribution in [2.45, 2.75) is 19.5 Å². The quantitative estimate of drug-likeness (QED) is 0.681. The van der Waals surface area contributed by atoms with Gasteiger partial charge in [-0.25, -0.2) is 4.39 Å². The molecule has 0 fully saturated rings. The van der Waals surface area contributed by atoms with Crippen LogP contribution in [0.4, 0.5) is 17.6 Å². The van der Waals surface area contributed by atoms with E-state index in [1.807, 2.05) is 6.92 Å². The fraction of sp³-hybridized carbons (Fsp3) is 0.385. The summed E-state index contributed by atoms with van der Waals surface area (Å²) in [7, 11) is 0. The molecule has 2 rings (SSSR count). The number of hydrogen-bond donors (Lipinski definition) is 1. The zero-order valence-electron chi connectivity index (χ0n) is 11.2. The maximum Gasteiger partial charge on any atom is 0.416 e. The number of likely N-dealkylation sites (N-methyl/N-ethyl adjacent to an activating group) is 1. The molecule has 0 aliphatic carbocycles. The largest absolute Gasteiger partial charge is 0.421 e. The summed E-state index contributed by atoms with van der Waals surface area (Å²) in [5, 5.41) is 10.3. The van der Waals surface area contributed by atoms with E-state index in [9.17, 15) is 17.6 Å². The minimum Gasteiger partial charge on any atom is -0.421 e. The molecular formula is C13H13F4N3O. The molecule has 1 aromatic heterocycles. The Morgan fingerprint density at radius 1 is 1.24 bits per heavy atom. The highest BCUT2D eigenvalue weighted by Gasteiger charge is 2.31. The third-order valence-electron chi connectivity index (χ3n) is 2.76. The van der Waals surface area contributed by atoms with Gasteiger partial charge in [0.25, 0.3) is 5.89 Å². The van der Waals surface area contributed by atoms with Crippen LogP contribution in [-0.2, 0) is 12.6 Å². The summed E-state index contributed by atoms with van der Waals surface area (Å²) >= 11 is 0. The molecule has 0 unspecified atom stereocenters. The minimum absolute atomic E-state index is 0.239. The first-order chi connectivity index (χ1) is 9.91. The van der Waals surface area contributed by atoms with E-state index in [0.717, 1.165) is 12.6 Å². The van der Waals surface area contributed by atoms with Gasteiger partial charge in [0.05, 0.1) is 11.1 Å². The lowest BCUT2D eigenvalue weighted by molar-refractivity contribution is -0.137. The zero-order chi connectivity index (χ0) is 15.5. The van der Waals surface area contributed by atoms with Crippen LogP contribution in [0, 0.1) is 5.82 Å². The molecule has 0 aliphatic rings. The number of benzene rings is 1. The van der Waals surface area contributed by atoms with Crippen LogP contribution in [0.3, 0.4) is 0 Å². The maximum absolute atomic E-state index is 13.7. The van der Waals surface area contributed by atoms with Crippen LogP contribution in [0.25, 0.3) is 11.5 Å². The summed E-state index contributed by atoms with van der Waals surface area (Å²) in [5.74, 6) is -0.863. The highest BCUT2D eigenvalue weighted by atomic mass is 19.4. The van der Waals surface area contributed by atoms with Crippen molar-refractivity contribution in [1.82, 2.24) is 15.5 Å². The van der Waals surface area contributed by atoms with Crippen molar-refractivity contribution in [3.05, 3.63) is 35.5 Å². The van der Waals surface area contributed by atoms with Gasteiger partial charge in [-0.2, -0.15) is 13.2 Å². The Balaban J connectivity index is 2.25. The molecule has 0 saturated carbocycles. The first kappa shape index (κ1) is 15.4. The van der Waals surface area contributed by atoms with Gasteiger partial charge in [0.1, 0.15) is 5.82 Å². The normalized spacial score (nSPS) is 11.9. The fourth-order valence-corrected chi connectivity index (χ4v) is 1.70. The zero-order valence-corrected chi connectivity index (χ0v) is 11.2. The molecule has 0 saturated heterocycles. The molecule has 0 radical (unpaired) electrons. The molecule has 1 N–H and O–H groups in total. The van der Waals surface area contributed by atoms with Gasteiger partial charge in [0.15, 0.2) is 0 Å². The van der Waals surface area contributed by atoms with E-state index in [1.54, 1.807) is 0 Å². The summed E-state index contributed by atoms with van der Waals surface area (Å²) in [6.45, 7) is 3.28. The van der Waals surface area contributed by atoms with E-state index in [2.05, 4.69) is 15.5 Å².